The predicted molar refractivity (Wildman–Crippen MR) is 140 cm³/mol. The fraction of sp³-hybridized carbons (Fsp3) is 0.500. The second-order valence-corrected chi connectivity index (χ2v) is 9.86. The maximum atomic E-state index is 13.0. The molecule has 0 saturated carbocycles. The standard InChI is InChI=1S/C28H39N5O2/c1-23-8-6-9-24(2)28(23)29-26(34)21-32-16-18-33(19-17-32)27(35)22-31-13-7-12-30(14-15-31)20-25-10-4-3-5-11-25/h3-6,8-11H,7,12-22H2,1-2H3,(H,29,34). The average molecular weight is 478 g/mol. The third kappa shape index (κ3) is 7.37. The fourth-order valence-electron chi connectivity index (χ4n) is 5.02. The first-order valence-electron chi connectivity index (χ1n) is 12.8. The van der Waals surface area contributed by atoms with Crippen molar-refractivity contribution in [3.8, 4) is 0 Å². The van der Waals surface area contributed by atoms with E-state index in [0.29, 0.717) is 26.2 Å². The molecule has 188 valence electrons. The quantitative estimate of drug-likeness (QED) is 0.664. The van der Waals surface area contributed by atoms with Crippen molar-refractivity contribution in [3.05, 3.63) is 65.2 Å². The van der Waals surface area contributed by atoms with E-state index < -0.39 is 0 Å². The molecule has 7 nitrogen and oxygen atoms in total. The van der Waals surface area contributed by atoms with Gasteiger partial charge in [-0.1, -0.05) is 48.5 Å². The van der Waals surface area contributed by atoms with Crippen molar-refractivity contribution in [2.24, 2.45) is 0 Å². The predicted octanol–water partition coefficient (Wildman–Crippen LogP) is 2.59. The van der Waals surface area contributed by atoms with Gasteiger partial charge in [0.2, 0.25) is 11.8 Å². The molecular weight excluding hydrogens is 438 g/mol. The van der Waals surface area contributed by atoms with Crippen LogP contribution >= 0.6 is 0 Å². The Morgan fingerprint density at radius 2 is 1.31 bits per heavy atom. The van der Waals surface area contributed by atoms with Crippen molar-refractivity contribution in [3.63, 3.8) is 0 Å². The number of aryl methyl sites for hydroxylation is 2. The third-order valence-electron chi connectivity index (χ3n) is 7.13. The van der Waals surface area contributed by atoms with Crippen LogP contribution in [0.4, 0.5) is 5.69 Å². The molecule has 0 atom stereocenters. The molecule has 0 bridgehead atoms. The number of para-hydroxylation sites is 1. The number of piperazine rings is 1. The van der Waals surface area contributed by atoms with E-state index in [-0.39, 0.29) is 11.8 Å². The summed E-state index contributed by atoms with van der Waals surface area (Å²) in [6, 6.07) is 16.6. The van der Waals surface area contributed by atoms with Gasteiger partial charge in [0.05, 0.1) is 13.1 Å². The SMILES string of the molecule is Cc1cccc(C)c1NC(=O)CN1CCN(C(=O)CN2CCCN(Cc3ccccc3)CC2)CC1. The number of nitrogens with one attached hydrogen (secondary N) is 1. The summed E-state index contributed by atoms with van der Waals surface area (Å²) < 4.78 is 0. The van der Waals surface area contributed by atoms with E-state index in [1.54, 1.807) is 0 Å². The first-order chi connectivity index (χ1) is 17.0. The monoisotopic (exact) mass is 477 g/mol. The van der Waals surface area contributed by atoms with Gasteiger partial charge in [0.15, 0.2) is 0 Å². The molecule has 4 rings (SSSR count). The van der Waals surface area contributed by atoms with Crippen molar-refractivity contribution in [1.82, 2.24) is 19.6 Å². The van der Waals surface area contributed by atoms with E-state index in [1.807, 2.05) is 36.9 Å². The Hall–Kier alpha value is -2.74. The smallest absolute Gasteiger partial charge is 0.238 e. The lowest BCUT2D eigenvalue weighted by molar-refractivity contribution is -0.134. The summed E-state index contributed by atoms with van der Waals surface area (Å²) in [6.07, 6.45) is 1.09. The van der Waals surface area contributed by atoms with Crippen molar-refractivity contribution in [2.45, 2.75) is 26.8 Å². The summed E-state index contributed by atoms with van der Waals surface area (Å²) in [5, 5.41) is 3.07. The highest BCUT2D eigenvalue weighted by Crippen LogP contribution is 2.19. The Morgan fingerprint density at radius 3 is 2.03 bits per heavy atom. The molecule has 2 amide bonds. The number of anilines is 1. The van der Waals surface area contributed by atoms with Gasteiger partial charge >= 0.3 is 0 Å². The van der Waals surface area contributed by atoms with Gasteiger partial charge in [-0.25, -0.2) is 0 Å². The Kier molecular flexibility index (Phi) is 8.90. The number of benzene rings is 2. The highest BCUT2D eigenvalue weighted by Gasteiger charge is 2.25. The van der Waals surface area contributed by atoms with E-state index >= 15 is 0 Å². The first-order valence-corrected chi connectivity index (χ1v) is 12.8. The molecule has 0 radical (unpaired) electrons. The molecule has 0 spiro atoms. The zero-order chi connectivity index (χ0) is 24.6. The van der Waals surface area contributed by atoms with Crippen molar-refractivity contribution in [2.75, 3.05) is 70.8 Å². The topological polar surface area (TPSA) is 59.1 Å². The highest BCUT2D eigenvalue weighted by molar-refractivity contribution is 5.93. The molecule has 0 aliphatic carbocycles. The zero-order valence-electron chi connectivity index (χ0n) is 21.2. The largest absolute Gasteiger partial charge is 0.339 e. The van der Waals surface area contributed by atoms with Crippen LogP contribution in [0.3, 0.4) is 0 Å². The zero-order valence-corrected chi connectivity index (χ0v) is 21.2. The summed E-state index contributed by atoms with van der Waals surface area (Å²) >= 11 is 0. The van der Waals surface area contributed by atoms with E-state index in [2.05, 4.69) is 50.3 Å². The summed E-state index contributed by atoms with van der Waals surface area (Å²) in [5.41, 5.74) is 4.40. The maximum absolute atomic E-state index is 13.0. The van der Waals surface area contributed by atoms with Gasteiger partial charge in [-0.3, -0.25) is 24.3 Å². The molecule has 1 N–H and O–H groups in total. The van der Waals surface area contributed by atoms with Crippen molar-refractivity contribution < 1.29 is 9.59 Å². The molecule has 2 saturated heterocycles. The molecule has 2 aromatic carbocycles. The molecule has 2 aromatic rings. The van der Waals surface area contributed by atoms with Gasteiger partial charge in [-0.05, 0) is 50.0 Å². The minimum absolute atomic E-state index is 0.00630. The lowest BCUT2D eigenvalue weighted by Crippen LogP contribution is -2.52. The number of rotatable bonds is 7. The van der Waals surface area contributed by atoms with E-state index in [9.17, 15) is 9.59 Å². The molecule has 0 unspecified atom stereocenters. The summed E-state index contributed by atoms with van der Waals surface area (Å²) in [5.74, 6) is 0.216. The lowest BCUT2D eigenvalue weighted by Gasteiger charge is -2.35. The van der Waals surface area contributed by atoms with E-state index in [4.69, 9.17) is 0 Å². The van der Waals surface area contributed by atoms with Crippen LogP contribution in [0.1, 0.15) is 23.1 Å². The summed E-state index contributed by atoms with van der Waals surface area (Å²) in [7, 11) is 0. The maximum Gasteiger partial charge on any atom is 0.238 e. The van der Waals surface area contributed by atoms with Gasteiger partial charge in [0.1, 0.15) is 0 Å². The number of hydrogen-bond acceptors (Lipinski definition) is 5. The van der Waals surface area contributed by atoms with Crippen LogP contribution in [0.5, 0.6) is 0 Å². The molecule has 35 heavy (non-hydrogen) atoms. The number of hydrogen-bond donors (Lipinski definition) is 1. The normalized spacial score (nSPS) is 18.3. The Labute approximate surface area is 209 Å². The third-order valence-corrected chi connectivity index (χ3v) is 7.13. The molecule has 2 aliphatic heterocycles. The molecule has 2 fully saturated rings. The van der Waals surface area contributed by atoms with Crippen LogP contribution < -0.4 is 5.32 Å². The van der Waals surface area contributed by atoms with Crippen molar-refractivity contribution >= 4 is 17.5 Å². The Bertz CT molecular complexity index is 968. The fourth-order valence-corrected chi connectivity index (χ4v) is 5.02. The molecule has 7 heteroatoms. The lowest BCUT2D eigenvalue weighted by atomic mass is 10.1. The minimum atomic E-state index is 0.00630. The second kappa shape index (κ2) is 12.3. The van der Waals surface area contributed by atoms with Crippen molar-refractivity contribution in [1.29, 1.82) is 0 Å². The van der Waals surface area contributed by atoms with Gasteiger partial charge in [0, 0.05) is 51.5 Å². The average Bonchev–Trinajstić information content (AvgIpc) is 3.07. The van der Waals surface area contributed by atoms with Crippen LogP contribution in [0.15, 0.2) is 48.5 Å². The van der Waals surface area contributed by atoms with Gasteiger partial charge in [-0.2, -0.15) is 0 Å². The van der Waals surface area contributed by atoms with Crippen LogP contribution in [-0.2, 0) is 16.1 Å². The van der Waals surface area contributed by atoms with Crippen LogP contribution in [0.25, 0.3) is 0 Å². The van der Waals surface area contributed by atoms with Gasteiger partial charge < -0.3 is 10.2 Å². The summed E-state index contributed by atoms with van der Waals surface area (Å²) in [4.78, 5) is 34.5. The van der Waals surface area contributed by atoms with Crippen LogP contribution in [0, 0.1) is 13.8 Å². The number of amides is 2. The van der Waals surface area contributed by atoms with Crippen LogP contribution in [0.2, 0.25) is 0 Å². The Balaban J connectivity index is 1.17. The van der Waals surface area contributed by atoms with E-state index in [0.717, 1.165) is 69.0 Å². The molecule has 2 heterocycles. The van der Waals surface area contributed by atoms with E-state index in [1.165, 1.54) is 5.56 Å². The van der Waals surface area contributed by atoms with Gasteiger partial charge in [-0.15, -0.1) is 0 Å². The second-order valence-electron chi connectivity index (χ2n) is 9.86. The summed E-state index contributed by atoms with van der Waals surface area (Å²) in [6.45, 7) is 12.6. The van der Waals surface area contributed by atoms with Crippen LogP contribution in [-0.4, -0.2) is 96.9 Å². The first kappa shape index (κ1) is 25.4. The number of carbonyl (C=O) groups excluding carboxylic acids is 2. The number of nitrogens with zero attached hydrogens (tertiary/aromatic N) is 4. The Morgan fingerprint density at radius 1 is 0.714 bits per heavy atom. The molecular formula is C28H39N5O2. The minimum Gasteiger partial charge on any atom is -0.339 e. The molecule has 0 aromatic heterocycles. The molecule has 2 aliphatic rings. The van der Waals surface area contributed by atoms with Gasteiger partial charge in [0.25, 0.3) is 0 Å². The highest BCUT2D eigenvalue weighted by atomic mass is 16.2. The number of carbonyl (C=O) groups is 2.